The van der Waals surface area contributed by atoms with E-state index >= 15 is 0 Å². The number of sulfonamides is 1. The van der Waals surface area contributed by atoms with Crippen LogP contribution in [-0.4, -0.2) is 74.5 Å². The van der Waals surface area contributed by atoms with Gasteiger partial charge in [-0.3, -0.25) is 4.79 Å². The second-order valence-electron chi connectivity index (χ2n) is 8.90. The Balaban J connectivity index is 1.32. The Morgan fingerprint density at radius 2 is 1.89 bits per heavy atom. The highest BCUT2D eigenvalue weighted by Crippen LogP contribution is 2.36. The van der Waals surface area contributed by atoms with E-state index in [2.05, 4.69) is 4.98 Å². The zero-order chi connectivity index (χ0) is 25.3. The van der Waals surface area contributed by atoms with Crippen LogP contribution in [0.2, 0.25) is 0 Å². The molecule has 2 atom stereocenters. The molecule has 2 bridgehead atoms. The first-order chi connectivity index (χ1) is 17.4. The quantitative estimate of drug-likeness (QED) is 0.439. The number of hydrogen-bond acceptors (Lipinski definition) is 8. The summed E-state index contributed by atoms with van der Waals surface area (Å²) in [5.41, 5.74) is 2.47. The Morgan fingerprint density at radius 3 is 2.69 bits per heavy atom. The van der Waals surface area contributed by atoms with Crippen molar-refractivity contribution in [3.63, 3.8) is 0 Å². The minimum absolute atomic E-state index is 0.157. The van der Waals surface area contributed by atoms with Gasteiger partial charge in [0, 0.05) is 18.7 Å². The highest BCUT2D eigenvalue weighted by atomic mass is 32.2. The summed E-state index contributed by atoms with van der Waals surface area (Å²) in [7, 11) is -0.710. The SMILES string of the molecule is COc1ccc(OCCN2CC[C@H]3CCC[C@@H](C2=O)N3S(=O)(=O)c2ccc3ncsc3c2)cc1OC. The number of carbonyl (C=O) groups excluding carboxylic acids is 1. The van der Waals surface area contributed by atoms with Crippen LogP contribution in [0.3, 0.4) is 0 Å². The fraction of sp³-hybridized carbons (Fsp3) is 0.440. The predicted octanol–water partition coefficient (Wildman–Crippen LogP) is 3.54. The van der Waals surface area contributed by atoms with E-state index in [1.54, 1.807) is 61.0 Å². The van der Waals surface area contributed by atoms with E-state index in [4.69, 9.17) is 14.2 Å². The number of ether oxygens (including phenoxy) is 3. The number of thiazole rings is 1. The van der Waals surface area contributed by atoms with Crippen molar-refractivity contribution in [1.29, 1.82) is 0 Å². The minimum atomic E-state index is -3.84. The third-order valence-electron chi connectivity index (χ3n) is 6.87. The molecule has 9 nitrogen and oxygen atoms in total. The topological polar surface area (TPSA) is 98.3 Å². The Morgan fingerprint density at radius 1 is 1.06 bits per heavy atom. The van der Waals surface area contributed by atoms with Crippen LogP contribution in [0.15, 0.2) is 46.8 Å². The van der Waals surface area contributed by atoms with Gasteiger partial charge in [0.25, 0.3) is 0 Å². The molecule has 0 spiro atoms. The first-order valence-electron chi connectivity index (χ1n) is 11.9. The lowest BCUT2D eigenvalue weighted by molar-refractivity contribution is -0.135. The summed E-state index contributed by atoms with van der Waals surface area (Å²) in [5.74, 6) is 1.62. The van der Waals surface area contributed by atoms with Gasteiger partial charge in [-0.1, -0.05) is 0 Å². The van der Waals surface area contributed by atoms with Crippen molar-refractivity contribution in [2.45, 2.75) is 42.7 Å². The summed E-state index contributed by atoms with van der Waals surface area (Å²) in [4.78, 5) is 19.8. The van der Waals surface area contributed by atoms with Crippen LogP contribution in [0.4, 0.5) is 0 Å². The number of nitrogens with zero attached hydrogens (tertiary/aromatic N) is 3. The van der Waals surface area contributed by atoms with E-state index in [1.165, 1.54) is 15.6 Å². The van der Waals surface area contributed by atoms with E-state index in [-0.39, 0.29) is 23.5 Å². The van der Waals surface area contributed by atoms with Crippen LogP contribution in [0.5, 0.6) is 17.2 Å². The highest BCUT2D eigenvalue weighted by Gasteiger charge is 2.46. The van der Waals surface area contributed by atoms with Crippen LogP contribution < -0.4 is 14.2 Å². The van der Waals surface area contributed by atoms with Crippen LogP contribution >= 0.6 is 11.3 Å². The molecule has 3 aromatic rings. The van der Waals surface area contributed by atoms with Crippen LogP contribution in [0.1, 0.15) is 25.7 Å². The number of rotatable bonds is 8. The molecule has 2 saturated heterocycles. The summed E-state index contributed by atoms with van der Waals surface area (Å²) in [6, 6.07) is 9.38. The molecular formula is C25H29N3O6S2. The second kappa shape index (κ2) is 10.2. The van der Waals surface area contributed by atoms with Gasteiger partial charge < -0.3 is 19.1 Å². The fourth-order valence-corrected chi connectivity index (χ4v) is 7.74. The lowest BCUT2D eigenvalue weighted by atomic mass is 9.97. The lowest BCUT2D eigenvalue weighted by Crippen LogP contribution is -2.53. The van der Waals surface area contributed by atoms with Crippen LogP contribution in [0, 0.1) is 0 Å². The number of methoxy groups -OCH3 is 2. The Hall–Kier alpha value is -2.89. The molecule has 0 unspecified atom stereocenters. The van der Waals surface area contributed by atoms with Gasteiger partial charge in [-0.25, -0.2) is 13.4 Å². The lowest BCUT2D eigenvalue weighted by Gasteiger charge is -2.38. The normalized spacial score (nSPS) is 20.8. The molecule has 1 amide bonds. The zero-order valence-corrected chi connectivity index (χ0v) is 21.9. The zero-order valence-electron chi connectivity index (χ0n) is 20.3. The molecule has 2 aliphatic rings. The maximum Gasteiger partial charge on any atom is 0.244 e. The van der Waals surface area contributed by atoms with Crippen molar-refractivity contribution in [3.05, 3.63) is 41.9 Å². The number of carbonyl (C=O) groups is 1. The standard InChI is InChI=1S/C25H29N3O6S2/c1-32-22-9-6-18(14-23(22)33-2)34-13-12-27-11-10-17-4-3-5-21(25(27)29)28(17)36(30,31)19-7-8-20-24(15-19)35-16-26-20/h6-9,14-17,21H,3-5,10-13H2,1-2H3/t17-,21+/m1/s1. The fourth-order valence-electron chi connectivity index (χ4n) is 5.07. The molecule has 2 aromatic carbocycles. The number of aromatic nitrogens is 1. The molecule has 5 rings (SSSR count). The molecule has 36 heavy (non-hydrogen) atoms. The Bertz CT molecular complexity index is 1360. The van der Waals surface area contributed by atoms with E-state index < -0.39 is 16.1 Å². The van der Waals surface area contributed by atoms with E-state index in [0.717, 1.165) is 23.1 Å². The van der Waals surface area contributed by atoms with Crippen molar-refractivity contribution in [2.24, 2.45) is 0 Å². The third kappa shape index (κ3) is 4.62. The van der Waals surface area contributed by atoms with Crippen molar-refractivity contribution in [3.8, 4) is 17.2 Å². The summed E-state index contributed by atoms with van der Waals surface area (Å²) in [6.07, 6.45) is 2.70. The predicted molar refractivity (Wildman–Crippen MR) is 136 cm³/mol. The van der Waals surface area contributed by atoms with Crippen molar-refractivity contribution in [2.75, 3.05) is 33.9 Å². The summed E-state index contributed by atoms with van der Waals surface area (Å²) in [6.45, 7) is 1.15. The molecule has 0 aliphatic carbocycles. The van der Waals surface area contributed by atoms with Crippen molar-refractivity contribution >= 4 is 37.5 Å². The van der Waals surface area contributed by atoms with Gasteiger partial charge in [0.2, 0.25) is 15.9 Å². The summed E-state index contributed by atoms with van der Waals surface area (Å²) >= 11 is 1.40. The van der Waals surface area contributed by atoms with E-state index in [1.807, 2.05) is 0 Å². The number of hydrogen-bond donors (Lipinski definition) is 0. The molecule has 1 aromatic heterocycles. The molecule has 2 aliphatic heterocycles. The number of benzene rings is 2. The average Bonchev–Trinajstić information content (AvgIpc) is 3.35. The Labute approximate surface area is 214 Å². The van der Waals surface area contributed by atoms with Gasteiger partial charge in [-0.05, 0) is 56.0 Å². The Kier molecular flexibility index (Phi) is 7.05. The van der Waals surface area contributed by atoms with Crippen LogP contribution in [-0.2, 0) is 14.8 Å². The van der Waals surface area contributed by atoms with Gasteiger partial charge in [-0.2, -0.15) is 4.31 Å². The molecule has 3 heterocycles. The molecule has 0 N–H and O–H groups in total. The smallest absolute Gasteiger partial charge is 0.244 e. The largest absolute Gasteiger partial charge is 0.493 e. The number of fused-ring (bicyclic) bond motifs is 3. The second-order valence-corrected chi connectivity index (χ2v) is 11.6. The van der Waals surface area contributed by atoms with Gasteiger partial charge in [0.15, 0.2) is 11.5 Å². The van der Waals surface area contributed by atoms with Crippen molar-refractivity contribution < 1.29 is 27.4 Å². The minimum Gasteiger partial charge on any atom is -0.493 e. The monoisotopic (exact) mass is 531 g/mol. The summed E-state index contributed by atoms with van der Waals surface area (Å²) in [5, 5.41) is 0. The van der Waals surface area contributed by atoms with Crippen LogP contribution in [0.25, 0.3) is 10.2 Å². The maximum absolute atomic E-state index is 13.8. The average molecular weight is 532 g/mol. The number of amides is 1. The third-order valence-corrected chi connectivity index (χ3v) is 9.62. The first-order valence-corrected chi connectivity index (χ1v) is 14.2. The molecule has 11 heteroatoms. The molecule has 0 saturated carbocycles. The van der Waals surface area contributed by atoms with Gasteiger partial charge in [0.05, 0.1) is 41.4 Å². The van der Waals surface area contributed by atoms with Crippen molar-refractivity contribution in [1.82, 2.24) is 14.2 Å². The summed E-state index contributed by atoms with van der Waals surface area (Å²) < 4.78 is 46.3. The number of piperidine rings is 1. The molecular weight excluding hydrogens is 502 g/mol. The molecule has 192 valence electrons. The molecule has 0 radical (unpaired) electrons. The van der Waals surface area contributed by atoms with Gasteiger partial charge in [-0.15, -0.1) is 11.3 Å². The first kappa shape index (κ1) is 24.8. The van der Waals surface area contributed by atoms with Gasteiger partial charge in [0.1, 0.15) is 18.4 Å². The highest BCUT2D eigenvalue weighted by molar-refractivity contribution is 7.89. The molecule has 2 fully saturated rings. The van der Waals surface area contributed by atoms with Gasteiger partial charge >= 0.3 is 0 Å². The van der Waals surface area contributed by atoms with E-state index in [0.29, 0.717) is 43.2 Å². The van der Waals surface area contributed by atoms with E-state index in [9.17, 15) is 13.2 Å². The maximum atomic E-state index is 13.8.